The van der Waals surface area contributed by atoms with Gasteiger partial charge in [0.15, 0.2) is 6.10 Å². The minimum Gasteiger partial charge on any atom is -0.479 e. The Balaban J connectivity index is 2.39. The smallest absolute Gasteiger partial charge is 0.332 e. The third kappa shape index (κ3) is 4.34. The van der Waals surface area contributed by atoms with Crippen LogP contribution in [0.25, 0.3) is 0 Å². The number of carbonyl (C=O) groups excluding carboxylic acids is 1. The van der Waals surface area contributed by atoms with Crippen molar-refractivity contribution in [3.05, 3.63) is 0 Å². The Kier molecular flexibility index (Phi) is 4.93. The molecule has 0 aliphatic carbocycles. The summed E-state index contributed by atoms with van der Waals surface area (Å²) in [6.07, 6.45) is 0.203. The van der Waals surface area contributed by atoms with Crippen LogP contribution in [0.4, 0.5) is 0 Å². The van der Waals surface area contributed by atoms with E-state index in [-0.39, 0.29) is 12.5 Å². The quantitative estimate of drug-likeness (QED) is 0.799. The van der Waals surface area contributed by atoms with E-state index >= 15 is 0 Å². The minimum absolute atomic E-state index is 0.114. The first-order valence-electron chi connectivity index (χ1n) is 6.02. The number of carbonyl (C=O) groups is 2. The van der Waals surface area contributed by atoms with Crippen LogP contribution in [-0.4, -0.2) is 47.7 Å². The highest BCUT2D eigenvalue weighted by Crippen LogP contribution is 2.20. The number of carboxylic acids is 1. The first-order valence-corrected chi connectivity index (χ1v) is 6.02. The average Bonchev–Trinajstić information content (AvgIpc) is 2.23. The van der Waals surface area contributed by atoms with E-state index in [0.717, 1.165) is 19.5 Å². The molecule has 0 aromatic carbocycles. The molecule has 98 valence electrons. The number of nitrogens with zero attached hydrogens (tertiary/aromatic N) is 1. The molecular weight excluding hydrogens is 222 g/mol. The standard InChI is InChI=1S/C12H21NO4/c1-8-4-9(2)6-13(5-8)11(14)7-17-10(3)12(15)16/h8-10H,4-7H2,1-3H3,(H,15,16). The van der Waals surface area contributed by atoms with E-state index in [1.54, 1.807) is 4.90 Å². The molecule has 5 heteroatoms. The highest BCUT2D eigenvalue weighted by molar-refractivity contribution is 5.78. The Morgan fingerprint density at radius 1 is 1.35 bits per heavy atom. The van der Waals surface area contributed by atoms with E-state index in [2.05, 4.69) is 13.8 Å². The minimum atomic E-state index is -1.04. The van der Waals surface area contributed by atoms with Gasteiger partial charge in [0.1, 0.15) is 6.61 Å². The maximum Gasteiger partial charge on any atom is 0.332 e. The topological polar surface area (TPSA) is 66.8 Å². The second kappa shape index (κ2) is 6.00. The maximum atomic E-state index is 11.8. The van der Waals surface area contributed by atoms with Crippen LogP contribution in [0.2, 0.25) is 0 Å². The highest BCUT2D eigenvalue weighted by Gasteiger charge is 2.26. The van der Waals surface area contributed by atoms with Gasteiger partial charge >= 0.3 is 5.97 Å². The van der Waals surface area contributed by atoms with Gasteiger partial charge in [0.05, 0.1) is 0 Å². The maximum absolute atomic E-state index is 11.8. The van der Waals surface area contributed by atoms with Gasteiger partial charge in [-0.15, -0.1) is 0 Å². The van der Waals surface area contributed by atoms with Gasteiger partial charge in [-0.1, -0.05) is 13.8 Å². The van der Waals surface area contributed by atoms with Gasteiger partial charge in [-0.05, 0) is 25.2 Å². The number of aliphatic carboxylic acids is 1. The Morgan fingerprint density at radius 3 is 2.35 bits per heavy atom. The summed E-state index contributed by atoms with van der Waals surface area (Å²) in [5.41, 5.74) is 0. The molecule has 0 aromatic heterocycles. The third-order valence-electron chi connectivity index (χ3n) is 3.03. The summed E-state index contributed by atoms with van der Waals surface area (Å²) in [7, 11) is 0. The fraction of sp³-hybridized carbons (Fsp3) is 0.833. The van der Waals surface area contributed by atoms with Gasteiger partial charge in [-0.3, -0.25) is 4.79 Å². The molecule has 1 aliphatic heterocycles. The summed E-state index contributed by atoms with van der Waals surface area (Å²) < 4.78 is 5.00. The van der Waals surface area contributed by atoms with Crippen LogP contribution in [0.5, 0.6) is 0 Å². The first-order chi connectivity index (χ1) is 7.90. The van der Waals surface area contributed by atoms with Crippen molar-refractivity contribution in [1.29, 1.82) is 0 Å². The molecule has 1 saturated heterocycles. The summed E-state index contributed by atoms with van der Waals surface area (Å²) >= 11 is 0. The molecule has 1 N–H and O–H groups in total. The zero-order valence-electron chi connectivity index (χ0n) is 10.7. The van der Waals surface area contributed by atoms with Crippen LogP contribution in [0.15, 0.2) is 0 Å². The van der Waals surface area contributed by atoms with Crippen molar-refractivity contribution >= 4 is 11.9 Å². The predicted molar refractivity (Wildman–Crippen MR) is 62.6 cm³/mol. The van der Waals surface area contributed by atoms with Gasteiger partial charge in [-0.2, -0.15) is 0 Å². The molecule has 1 rings (SSSR count). The van der Waals surface area contributed by atoms with Crippen LogP contribution in [-0.2, 0) is 14.3 Å². The average molecular weight is 243 g/mol. The number of hydrogen-bond acceptors (Lipinski definition) is 3. The SMILES string of the molecule is CC1CC(C)CN(C(=O)COC(C)C(=O)O)C1. The van der Waals surface area contributed by atoms with Crippen molar-refractivity contribution < 1.29 is 19.4 Å². The van der Waals surface area contributed by atoms with Crippen LogP contribution >= 0.6 is 0 Å². The van der Waals surface area contributed by atoms with Crippen molar-refractivity contribution in [3.8, 4) is 0 Å². The molecule has 0 spiro atoms. The van der Waals surface area contributed by atoms with Crippen molar-refractivity contribution in [2.75, 3.05) is 19.7 Å². The molecule has 0 radical (unpaired) electrons. The van der Waals surface area contributed by atoms with E-state index in [1.165, 1.54) is 6.92 Å². The molecule has 3 unspecified atom stereocenters. The van der Waals surface area contributed by atoms with Gasteiger partial charge in [0.2, 0.25) is 5.91 Å². The molecule has 1 aliphatic rings. The van der Waals surface area contributed by atoms with Crippen LogP contribution in [0.3, 0.4) is 0 Å². The molecule has 0 bridgehead atoms. The second-order valence-electron chi connectivity index (χ2n) is 5.04. The summed E-state index contributed by atoms with van der Waals surface area (Å²) in [4.78, 5) is 24.1. The van der Waals surface area contributed by atoms with Crippen molar-refractivity contribution in [3.63, 3.8) is 0 Å². The van der Waals surface area contributed by atoms with Gasteiger partial charge < -0.3 is 14.7 Å². The highest BCUT2D eigenvalue weighted by atomic mass is 16.5. The number of amides is 1. The van der Waals surface area contributed by atoms with E-state index in [4.69, 9.17) is 9.84 Å². The molecule has 5 nitrogen and oxygen atoms in total. The number of rotatable bonds is 4. The number of piperidine rings is 1. The molecule has 0 aromatic rings. The number of carboxylic acid groups (broad SMARTS) is 1. The van der Waals surface area contributed by atoms with Crippen LogP contribution in [0, 0.1) is 11.8 Å². The molecule has 17 heavy (non-hydrogen) atoms. The molecule has 1 fully saturated rings. The Hall–Kier alpha value is -1.10. The van der Waals surface area contributed by atoms with Crippen LogP contribution < -0.4 is 0 Å². The Bertz CT molecular complexity index is 282. The summed E-state index contributed by atoms with van der Waals surface area (Å²) in [5.74, 6) is -0.158. The second-order valence-corrected chi connectivity index (χ2v) is 5.04. The monoisotopic (exact) mass is 243 g/mol. The first kappa shape index (κ1) is 14.0. The lowest BCUT2D eigenvalue weighted by Gasteiger charge is -2.35. The summed E-state index contributed by atoms with van der Waals surface area (Å²) in [6.45, 7) is 7.01. The zero-order chi connectivity index (χ0) is 13.0. The molecular formula is C12H21NO4. The lowest BCUT2D eigenvalue weighted by molar-refractivity contribution is -0.153. The molecule has 3 atom stereocenters. The predicted octanol–water partition coefficient (Wildman–Crippen LogP) is 0.981. The van der Waals surface area contributed by atoms with Crippen molar-refractivity contribution in [1.82, 2.24) is 4.90 Å². The van der Waals surface area contributed by atoms with Crippen molar-refractivity contribution in [2.45, 2.75) is 33.3 Å². The molecule has 0 saturated carbocycles. The fourth-order valence-corrected chi connectivity index (χ4v) is 2.23. The van der Waals surface area contributed by atoms with Crippen LogP contribution in [0.1, 0.15) is 27.2 Å². The normalized spacial score (nSPS) is 26.6. The van der Waals surface area contributed by atoms with Gasteiger partial charge in [0, 0.05) is 13.1 Å². The number of hydrogen-bond donors (Lipinski definition) is 1. The lowest BCUT2D eigenvalue weighted by atomic mass is 9.92. The van der Waals surface area contributed by atoms with E-state index in [9.17, 15) is 9.59 Å². The number of ether oxygens (including phenoxy) is 1. The number of likely N-dealkylation sites (tertiary alicyclic amines) is 1. The molecule has 1 heterocycles. The van der Waals surface area contributed by atoms with Crippen molar-refractivity contribution in [2.24, 2.45) is 11.8 Å². The van der Waals surface area contributed by atoms with E-state index in [0.29, 0.717) is 11.8 Å². The zero-order valence-corrected chi connectivity index (χ0v) is 10.7. The lowest BCUT2D eigenvalue weighted by Crippen LogP contribution is -2.44. The Labute approximate surface area is 102 Å². The van der Waals surface area contributed by atoms with Gasteiger partial charge in [0.25, 0.3) is 0 Å². The summed E-state index contributed by atoms with van der Waals surface area (Å²) in [5, 5.41) is 8.64. The van der Waals surface area contributed by atoms with E-state index in [1.807, 2.05) is 0 Å². The third-order valence-corrected chi connectivity index (χ3v) is 3.03. The van der Waals surface area contributed by atoms with Gasteiger partial charge in [-0.25, -0.2) is 4.79 Å². The fourth-order valence-electron chi connectivity index (χ4n) is 2.23. The molecule has 1 amide bonds. The summed E-state index contributed by atoms with van der Waals surface area (Å²) in [6, 6.07) is 0. The largest absolute Gasteiger partial charge is 0.479 e. The Morgan fingerprint density at radius 2 is 1.88 bits per heavy atom. The van der Waals surface area contributed by atoms with E-state index < -0.39 is 12.1 Å².